The number of methoxy groups -OCH3 is 1. The SMILES string of the molecule is COC1CN(C(=O)OC(C)(C)C)CC1N(Cc1ccc(C(=O)O)s1)C(=O)OCC1c2ccccc2-c2ccccc21. The number of hydrogen-bond donors (Lipinski definition) is 1. The second kappa shape index (κ2) is 11.5. The molecule has 1 aliphatic heterocycles. The molecule has 1 aromatic heterocycles. The molecule has 1 saturated heterocycles. The highest BCUT2D eigenvalue weighted by Crippen LogP contribution is 2.44. The van der Waals surface area contributed by atoms with E-state index in [-0.39, 0.29) is 37.0 Å². The molecule has 216 valence electrons. The van der Waals surface area contributed by atoms with Crippen molar-refractivity contribution in [3.8, 4) is 11.1 Å². The zero-order valence-corrected chi connectivity index (χ0v) is 24.3. The number of carboxylic acids is 1. The molecule has 41 heavy (non-hydrogen) atoms. The third kappa shape index (κ3) is 6.08. The van der Waals surface area contributed by atoms with E-state index in [9.17, 15) is 19.5 Å². The van der Waals surface area contributed by atoms with Crippen molar-refractivity contribution >= 4 is 29.5 Å². The van der Waals surface area contributed by atoms with Gasteiger partial charge in [-0.05, 0) is 55.2 Å². The largest absolute Gasteiger partial charge is 0.477 e. The molecule has 2 unspecified atom stereocenters. The average Bonchev–Trinajstić information content (AvgIpc) is 3.65. The Bertz CT molecular complexity index is 1400. The van der Waals surface area contributed by atoms with Gasteiger partial charge in [0.25, 0.3) is 0 Å². The Hall–Kier alpha value is -3.89. The molecular weight excluding hydrogens is 544 g/mol. The molecule has 0 radical (unpaired) electrons. The van der Waals surface area contributed by atoms with Gasteiger partial charge in [-0.25, -0.2) is 14.4 Å². The predicted octanol–water partition coefficient (Wildman–Crippen LogP) is 5.83. The molecule has 2 atom stereocenters. The molecule has 5 rings (SSSR count). The van der Waals surface area contributed by atoms with Gasteiger partial charge in [0.05, 0.1) is 25.2 Å². The maximum Gasteiger partial charge on any atom is 0.410 e. The van der Waals surface area contributed by atoms with Gasteiger partial charge < -0.3 is 24.2 Å². The quantitative estimate of drug-likeness (QED) is 0.376. The van der Waals surface area contributed by atoms with E-state index in [0.29, 0.717) is 4.88 Å². The highest BCUT2D eigenvalue weighted by molar-refractivity contribution is 7.13. The monoisotopic (exact) mass is 578 g/mol. The van der Waals surface area contributed by atoms with Crippen molar-refractivity contribution in [3.05, 3.63) is 81.5 Å². The van der Waals surface area contributed by atoms with E-state index in [2.05, 4.69) is 24.3 Å². The minimum absolute atomic E-state index is 0.112. The van der Waals surface area contributed by atoms with Gasteiger partial charge >= 0.3 is 18.2 Å². The molecule has 1 aliphatic carbocycles. The van der Waals surface area contributed by atoms with Crippen LogP contribution in [-0.4, -0.2) is 77.6 Å². The first-order valence-corrected chi connectivity index (χ1v) is 14.3. The first-order valence-electron chi connectivity index (χ1n) is 13.5. The van der Waals surface area contributed by atoms with E-state index in [0.717, 1.165) is 33.6 Å². The van der Waals surface area contributed by atoms with Crippen LogP contribution in [0.25, 0.3) is 11.1 Å². The van der Waals surface area contributed by atoms with Crippen LogP contribution in [0.2, 0.25) is 0 Å². The summed E-state index contributed by atoms with van der Waals surface area (Å²) in [5, 5.41) is 9.41. The summed E-state index contributed by atoms with van der Waals surface area (Å²) >= 11 is 1.10. The lowest BCUT2D eigenvalue weighted by molar-refractivity contribution is 0.0238. The van der Waals surface area contributed by atoms with Gasteiger partial charge in [-0.2, -0.15) is 0 Å². The van der Waals surface area contributed by atoms with Gasteiger partial charge in [0.1, 0.15) is 17.1 Å². The number of ether oxygens (including phenoxy) is 3. The standard InChI is InChI=1S/C31H34N2O7S/c1-31(2,3)40-29(36)32-16-25(26(17-32)38-4)33(15-19-13-14-27(41-19)28(34)35)30(37)39-18-24-22-11-7-5-9-20(22)21-10-6-8-12-23(21)24/h5-14,24-26H,15-18H2,1-4H3,(H,34,35). The molecule has 2 heterocycles. The van der Waals surface area contributed by atoms with E-state index in [1.54, 1.807) is 38.8 Å². The second-order valence-corrected chi connectivity index (χ2v) is 12.4. The number of carbonyl (C=O) groups excluding carboxylic acids is 2. The van der Waals surface area contributed by atoms with Crippen molar-refractivity contribution in [2.75, 3.05) is 26.8 Å². The molecule has 2 amide bonds. The first-order chi connectivity index (χ1) is 19.6. The number of hydrogen-bond acceptors (Lipinski definition) is 7. The summed E-state index contributed by atoms with van der Waals surface area (Å²) in [7, 11) is 1.54. The molecule has 0 spiro atoms. The smallest absolute Gasteiger partial charge is 0.410 e. The fraction of sp³-hybridized carbons (Fsp3) is 0.387. The fourth-order valence-electron chi connectivity index (χ4n) is 5.50. The Balaban J connectivity index is 1.39. The maximum absolute atomic E-state index is 13.8. The molecule has 10 heteroatoms. The van der Waals surface area contributed by atoms with Crippen molar-refractivity contribution in [1.29, 1.82) is 0 Å². The second-order valence-electron chi connectivity index (χ2n) is 11.2. The van der Waals surface area contributed by atoms with E-state index in [1.807, 2.05) is 24.3 Å². The van der Waals surface area contributed by atoms with Crippen LogP contribution in [-0.2, 0) is 20.8 Å². The number of aromatic carboxylic acids is 1. The average molecular weight is 579 g/mol. The minimum atomic E-state index is -1.03. The van der Waals surface area contributed by atoms with Crippen LogP contribution in [0, 0.1) is 0 Å². The fourth-order valence-corrected chi connectivity index (χ4v) is 6.35. The van der Waals surface area contributed by atoms with E-state index in [1.165, 1.54) is 11.0 Å². The first kappa shape index (κ1) is 28.6. The summed E-state index contributed by atoms with van der Waals surface area (Å²) in [6, 6.07) is 18.9. The van der Waals surface area contributed by atoms with Gasteiger partial charge in [0.15, 0.2) is 0 Å². The lowest BCUT2D eigenvalue weighted by Gasteiger charge is -2.31. The summed E-state index contributed by atoms with van der Waals surface area (Å²) in [5.74, 6) is -1.14. The van der Waals surface area contributed by atoms with Crippen LogP contribution in [0.4, 0.5) is 9.59 Å². The third-order valence-corrected chi connectivity index (χ3v) is 8.42. The van der Waals surface area contributed by atoms with Gasteiger partial charge in [-0.1, -0.05) is 48.5 Å². The van der Waals surface area contributed by atoms with Crippen molar-refractivity contribution in [1.82, 2.24) is 9.80 Å². The van der Waals surface area contributed by atoms with Gasteiger partial charge in [-0.15, -0.1) is 11.3 Å². The lowest BCUT2D eigenvalue weighted by Crippen LogP contribution is -2.47. The highest BCUT2D eigenvalue weighted by atomic mass is 32.1. The lowest BCUT2D eigenvalue weighted by atomic mass is 9.98. The maximum atomic E-state index is 13.8. The Morgan fingerprint density at radius 1 is 0.976 bits per heavy atom. The molecule has 3 aromatic rings. The molecule has 0 saturated carbocycles. The molecule has 1 fully saturated rings. The Morgan fingerprint density at radius 2 is 1.61 bits per heavy atom. The topological polar surface area (TPSA) is 106 Å². The van der Waals surface area contributed by atoms with Crippen molar-refractivity contribution in [2.45, 2.75) is 51.0 Å². The van der Waals surface area contributed by atoms with Gasteiger partial charge in [0.2, 0.25) is 0 Å². The number of amides is 2. The molecular formula is C31H34N2O7S. The van der Waals surface area contributed by atoms with Crippen molar-refractivity contribution in [3.63, 3.8) is 0 Å². The molecule has 2 aliphatic rings. The zero-order valence-electron chi connectivity index (χ0n) is 23.5. The van der Waals surface area contributed by atoms with Crippen LogP contribution in [0.15, 0.2) is 60.7 Å². The number of benzene rings is 2. The normalized spacial score (nSPS) is 18.1. The zero-order chi connectivity index (χ0) is 29.3. The molecule has 1 N–H and O–H groups in total. The number of thiophene rings is 1. The number of likely N-dealkylation sites (tertiary alicyclic amines) is 1. The number of carboxylic acid groups (broad SMARTS) is 1. The Labute approximate surface area is 243 Å². The molecule has 0 bridgehead atoms. The van der Waals surface area contributed by atoms with Crippen LogP contribution in [0.1, 0.15) is 52.4 Å². The van der Waals surface area contributed by atoms with Crippen LogP contribution >= 0.6 is 11.3 Å². The van der Waals surface area contributed by atoms with Crippen molar-refractivity contribution < 1.29 is 33.7 Å². The summed E-state index contributed by atoms with van der Waals surface area (Å²) in [4.78, 5) is 42.1. The van der Waals surface area contributed by atoms with E-state index < -0.39 is 35.9 Å². The summed E-state index contributed by atoms with van der Waals surface area (Å²) in [6.45, 7) is 6.07. The number of rotatable bonds is 7. The number of carbonyl (C=O) groups is 3. The van der Waals surface area contributed by atoms with E-state index in [4.69, 9.17) is 14.2 Å². The van der Waals surface area contributed by atoms with Crippen LogP contribution in [0.3, 0.4) is 0 Å². The summed E-state index contributed by atoms with van der Waals surface area (Å²) < 4.78 is 17.3. The summed E-state index contributed by atoms with van der Waals surface area (Å²) in [5.41, 5.74) is 3.79. The Morgan fingerprint density at radius 3 is 2.17 bits per heavy atom. The minimum Gasteiger partial charge on any atom is -0.477 e. The predicted molar refractivity (Wildman–Crippen MR) is 154 cm³/mol. The molecule has 2 aromatic carbocycles. The van der Waals surface area contributed by atoms with Crippen LogP contribution < -0.4 is 0 Å². The summed E-state index contributed by atoms with van der Waals surface area (Å²) in [6.07, 6.45) is -1.53. The van der Waals surface area contributed by atoms with Gasteiger partial charge in [-0.3, -0.25) is 4.90 Å². The van der Waals surface area contributed by atoms with E-state index >= 15 is 0 Å². The Kier molecular flexibility index (Phi) is 8.06. The van der Waals surface area contributed by atoms with Crippen molar-refractivity contribution in [2.24, 2.45) is 0 Å². The van der Waals surface area contributed by atoms with Crippen LogP contribution in [0.5, 0.6) is 0 Å². The molecule has 9 nitrogen and oxygen atoms in total. The highest BCUT2D eigenvalue weighted by Gasteiger charge is 2.43. The van der Waals surface area contributed by atoms with Gasteiger partial charge in [0, 0.05) is 24.4 Å². The third-order valence-electron chi connectivity index (χ3n) is 7.36. The number of nitrogens with zero attached hydrogens (tertiary/aromatic N) is 2. The number of fused-ring (bicyclic) bond motifs is 3.